The first kappa shape index (κ1) is 18.6. The number of aromatic hydroxyl groups is 1. The SMILES string of the molecule is O=c1[nH]c(=O)n(-c2ccccc2Cl)c(O)c1C=Nc1ncc(Br)cc1Br. The average Bonchev–Trinajstić information content (AvgIpc) is 2.57. The molecule has 26 heavy (non-hydrogen) atoms. The van der Waals surface area contributed by atoms with Crippen molar-refractivity contribution in [3.05, 3.63) is 76.9 Å². The minimum Gasteiger partial charge on any atom is -0.493 e. The number of rotatable bonds is 3. The molecule has 2 heterocycles. The van der Waals surface area contributed by atoms with Crippen molar-refractivity contribution in [3.63, 3.8) is 0 Å². The van der Waals surface area contributed by atoms with Crippen molar-refractivity contribution in [2.45, 2.75) is 0 Å². The van der Waals surface area contributed by atoms with E-state index >= 15 is 0 Å². The third-order valence-electron chi connectivity index (χ3n) is 3.32. The van der Waals surface area contributed by atoms with Gasteiger partial charge >= 0.3 is 5.69 Å². The summed E-state index contributed by atoms with van der Waals surface area (Å²) in [6.07, 6.45) is 2.66. The van der Waals surface area contributed by atoms with Gasteiger partial charge in [-0.25, -0.2) is 19.3 Å². The number of nitrogens with one attached hydrogen (secondary N) is 1. The molecule has 0 aliphatic heterocycles. The summed E-state index contributed by atoms with van der Waals surface area (Å²) in [6, 6.07) is 8.15. The molecule has 0 bridgehead atoms. The van der Waals surface area contributed by atoms with Gasteiger partial charge in [0.15, 0.2) is 5.82 Å². The molecule has 7 nitrogen and oxygen atoms in total. The van der Waals surface area contributed by atoms with Crippen LogP contribution in [0.2, 0.25) is 5.02 Å². The molecule has 3 rings (SSSR count). The normalized spacial score (nSPS) is 11.2. The Morgan fingerprint density at radius 2 is 2.00 bits per heavy atom. The predicted molar refractivity (Wildman–Crippen MR) is 106 cm³/mol. The Labute approximate surface area is 168 Å². The van der Waals surface area contributed by atoms with E-state index in [2.05, 4.69) is 46.8 Å². The second-order valence-corrected chi connectivity index (χ2v) is 7.18. The van der Waals surface area contributed by atoms with Crippen molar-refractivity contribution >= 4 is 55.5 Å². The molecule has 0 amide bonds. The second-order valence-electron chi connectivity index (χ2n) is 5.00. The summed E-state index contributed by atoms with van der Waals surface area (Å²) in [4.78, 5) is 34.6. The van der Waals surface area contributed by atoms with Crippen molar-refractivity contribution in [3.8, 4) is 11.6 Å². The highest BCUT2D eigenvalue weighted by molar-refractivity contribution is 9.11. The van der Waals surface area contributed by atoms with Crippen LogP contribution in [0.5, 0.6) is 5.88 Å². The maximum atomic E-state index is 12.2. The molecular formula is C16H9Br2ClN4O3. The van der Waals surface area contributed by atoms with Crippen LogP contribution in [-0.4, -0.2) is 25.9 Å². The van der Waals surface area contributed by atoms with Gasteiger partial charge in [0.25, 0.3) is 5.56 Å². The molecule has 0 saturated carbocycles. The number of aromatic nitrogens is 3. The Bertz CT molecular complexity index is 1140. The standard InChI is InChI=1S/C16H9Br2ClN4O3/c17-8-5-10(18)13(20-6-8)21-7-9-14(24)22-16(26)23(15(9)25)12-4-2-1-3-11(12)19/h1-7,25H,(H,22,24,26). The van der Waals surface area contributed by atoms with Crippen LogP contribution < -0.4 is 11.2 Å². The number of hydrogen-bond donors (Lipinski definition) is 2. The number of nitrogens with zero attached hydrogens (tertiary/aromatic N) is 3. The van der Waals surface area contributed by atoms with E-state index in [0.29, 0.717) is 10.3 Å². The molecule has 0 atom stereocenters. The first-order chi connectivity index (χ1) is 12.4. The van der Waals surface area contributed by atoms with E-state index in [4.69, 9.17) is 11.6 Å². The minimum atomic E-state index is -0.819. The highest BCUT2D eigenvalue weighted by Crippen LogP contribution is 2.26. The van der Waals surface area contributed by atoms with Crippen LogP contribution in [-0.2, 0) is 0 Å². The third-order valence-corrected chi connectivity index (χ3v) is 4.66. The minimum absolute atomic E-state index is 0.207. The molecule has 0 fully saturated rings. The van der Waals surface area contributed by atoms with Gasteiger partial charge < -0.3 is 5.11 Å². The zero-order valence-corrected chi connectivity index (χ0v) is 16.7. The highest BCUT2D eigenvalue weighted by Gasteiger charge is 2.16. The first-order valence-corrected chi connectivity index (χ1v) is 9.03. The lowest BCUT2D eigenvalue weighted by molar-refractivity contribution is 0.430. The molecule has 0 unspecified atom stereocenters. The van der Waals surface area contributed by atoms with Gasteiger partial charge in [-0.15, -0.1) is 0 Å². The van der Waals surface area contributed by atoms with Gasteiger partial charge in [-0.2, -0.15) is 0 Å². The van der Waals surface area contributed by atoms with Crippen LogP contribution in [0.1, 0.15) is 5.56 Å². The summed E-state index contributed by atoms with van der Waals surface area (Å²) in [7, 11) is 0. The lowest BCUT2D eigenvalue weighted by Gasteiger charge is -2.10. The second kappa shape index (κ2) is 7.56. The predicted octanol–water partition coefficient (Wildman–Crippen LogP) is 3.56. The Balaban J connectivity index is 2.16. The Morgan fingerprint density at radius 3 is 2.69 bits per heavy atom. The fraction of sp³-hybridized carbons (Fsp3) is 0. The summed E-state index contributed by atoms with van der Waals surface area (Å²) < 4.78 is 2.23. The number of hydrogen-bond acceptors (Lipinski definition) is 5. The van der Waals surface area contributed by atoms with Crippen LogP contribution in [0.15, 0.2) is 60.1 Å². The lowest BCUT2D eigenvalue weighted by Crippen LogP contribution is -2.31. The van der Waals surface area contributed by atoms with Gasteiger partial charge in [-0.3, -0.25) is 9.78 Å². The van der Waals surface area contributed by atoms with Crippen molar-refractivity contribution in [2.75, 3.05) is 0 Å². The summed E-state index contributed by atoms with van der Waals surface area (Å²) >= 11 is 12.7. The van der Waals surface area contributed by atoms with E-state index in [9.17, 15) is 14.7 Å². The highest BCUT2D eigenvalue weighted by atomic mass is 79.9. The summed E-state index contributed by atoms with van der Waals surface area (Å²) in [5.41, 5.74) is -1.58. The zero-order valence-electron chi connectivity index (χ0n) is 12.8. The van der Waals surface area contributed by atoms with Gasteiger partial charge in [-0.1, -0.05) is 23.7 Å². The fourth-order valence-corrected chi connectivity index (χ4v) is 3.45. The van der Waals surface area contributed by atoms with Crippen molar-refractivity contribution in [1.82, 2.24) is 14.5 Å². The molecule has 0 aliphatic rings. The molecule has 2 aromatic heterocycles. The average molecular weight is 501 g/mol. The maximum absolute atomic E-state index is 12.2. The number of benzene rings is 1. The van der Waals surface area contributed by atoms with Crippen molar-refractivity contribution in [1.29, 1.82) is 0 Å². The van der Waals surface area contributed by atoms with Gasteiger partial charge in [-0.05, 0) is 50.1 Å². The third kappa shape index (κ3) is 3.64. The number of aromatic amines is 1. The molecule has 0 spiro atoms. The van der Waals surface area contributed by atoms with Crippen LogP contribution in [0.25, 0.3) is 5.69 Å². The quantitative estimate of drug-likeness (QED) is 0.537. The smallest absolute Gasteiger partial charge is 0.335 e. The van der Waals surface area contributed by atoms with E-state index in [0.717, 1.165) is 15.3 Å². The van der Waals surface area contributed by atoms with E-state index < -0.39 is 17.1 Å². The number of aliphatic imine (C=N–C) groups is 1. The van der Waals surface area contributed by atoms with Crippen LogP contribution in [0.3, 0.4) is 0 Å². The molecule has 0 saturated heterocycles. The summed E-state index contributed by atoms with van der Waals surface area (Å²) in [5, 5.41) is 10.7. The molecule has 0 aliphatic carbocycles. The van der Waals surface area contributed by atoms with E-state index in [1.807, 2.05) is 0 Å². The summed E-state index contributed by atoms with van der Waals surface area (Å²) in [5.74, 6) is -0.286. The lowest BCUT2D eigenvalue weighted by atomic mass is 10.3. The van der Waals surface area contributed by atoms with Gasteiger partial charge in [0, 0.05) is 16.9 Å². The monoisotopic (exact) mass is 498 g/mol. The number of pyridine rings is 1. The summed E-state index contributed by atoms with van der Waals surface area (Å²) in [6.45, 7) is 0. The van der Waals surface area contributed by atoms with E-state index in [1.54, 1.807) is 24.3 Å². The zero-order chi connectivity index (χ0) is 18.8. The Hall–Kier alpha value is -2.23. The van der Waals surface area contributed by atoms with Gasteiger partial charge in [0.2, 0.25) is 5.88 Å². The topological polar surface area (TPSA) is 100 Å². The largest absolute Gasteiger partial charge is 0.493 e. The molecular weight excluding hydrogens is 491 g/mol. The van der Waals surface area contributed by atoms with Crippen molar-refractivity contribution < 1.29 is 5.11 Å². The fourth-order valence-electron chi connectivity index (χ4n) is 2.14. The molecule has 3 aromatic rings. The van der Waals surface area contributed by atoms with Crippen LogP contribution >= 0.6 is 43.5 Å². The molecule has 10 heteroatoms. The molecule has 2 N–H and O–H groups in total. The Morgan fingerprint density at radius 1 is 1.27 bits per heavy atom. The first-order valence-electron chi connectivity index (χ1n) is 7.07. The molecule has 0 radical (unpaired) electrons. The van der Waals surface area contributed by atoms with E-state index in [1.165, 1.54) is 12.3 Å². The van der Waals surface area contributed by atoms with E-state index in [-0.39, 0.29) is 16.3 Å². The van der Waals surface area contributed by atoms with Crippen LogP contribution in [0, 0.1) is 0 Å². The molecule has 132 valence electrons. The number of H-pyrrole nitrogens is 1. The van der Waals surface area contributed by atoms with Gasteiger partial charge in [0.1, 0.15) is 5.56 Å². The van der Waals surface area contributed by atoms with Gasteiger partial charge in [0.05, 0.1) is 15.2 Å². The number of para-hydroxylation sites is 1. The Kier molecular flexibility index (Phi) is 5.40. The number of halogens is 3. The molecule has 1 aromatic carbocycles. The van der Waals surface area contributed by atoms with Crippen molar-refractivity contribution in [2.24, 2.45) is 4.99 Å². The maximum Gasteiger partial charge on any atom is 0.335 e. The van der Waals surface area contributed by atoms with Crippen LogP contribution in [0.4, 0.5) is 5.82 Å².